The summed E-state index contributed by atoms with van der Waals surface area (Å²) in [7, 11) is 1.59. The molecule has 0 aromatic heterocycles. The number of ether oxygens (including phenoxy) is 3. The van der Waals surface area contributed by atoms with Gasteiger partial charge < -0.3 is 19.3 Å². The molecule has 2 rings (SSSR count). The van der Waals surface area contributed by atoms with E-state index in [4.69, 9.17) is 19.3 Å². The molecule has 0 radical (unpaired) electrons. The molecule has 7 heteroatoms. The Morgan fingerprint density at radius 1 is 1.35 bits per heavy atom. The Labute approximate surface area is 133 Å². The molecule has 1 N–H and O–H groups in total. The number of methoxy groups -OCH3 is 1. The van der Waals surface area contributed by atoms with Crippen molar-refractivity contribution in [2.75, 3.05) is 13.7 Å². The number of benzene rings is 1. The Morgan fingerprint density at radius 3 is 2.60 bits per heavy atom. The van der Waals surface area contributed by atoms with Crippen LogP contribution in [-0.2, 0) is 9.53 Å². The standard InChI is InChI=1S/C13H14Br2O5/c1-18-11-4-9(15)12(5-8(11)14)19-6-7-2-3-10(20-7)13(16)17/h4-5,7,10H,2-3,6H2,1H3,(H,16,17). The van der Waals surface area contributed by atoms with Crippen LogP contribution in [0, 0.1) is 0 Å². The van der Waals surface area contributed by atoms with E-state index >= 15 is 0 Å². The summed E-state index contributed by atoms with van der Waals surface area (Å²) in [6.07, 6.45) is 0.307. The van der Waals surface area contributed by atoms with Gasteiger partial charge in [0.05, 0.1) is 22.2 Å². The predicted octanol–water partition coefficient (Wildman–Crippen LogP) is 3.23. The van der Waals surface area contributed by atoms with E-state index in [2.05, 4.69) is 31.9 Å². The lowest BCUT2D eigenvalue weighted by Crippen LogP contribution is -2.23. The average Bonchev–Trinajstić information content (AvgIpc) is 2.88. The van der Waals surface area contributed by atoms with Crippen molar-refractivity contribution in [2.24, 2.45) is 0 Å². The van der Waals surface area contributed by atoms with E-state index in [1.165, 1.54) is 0 Å². The number of aliphatic carboxylic acids is 1. The number of halogens is 2. The number of hydrogen-bond donors (Lipinski definition) is 1. The molecule has 20 heavy (non-hydrogen) atoms. The lowest BCUT2D eigenvalue weighted by Gasteiger charge is -2.15. The summed E-state index contributed by atoms with van der Waals surface area (Å²) in [4.78, 5) is 10.8. The normalized spacial score (nSPS) is 21.8. The van der Waals surface area contributed by atoms with E-state index < -0.39 is 12.1 Å². The molecule has 0 aliphatic carbocycles. The minimum Gasteiger partial charge on any atom is -0.496 e. The van der Waals surface area contributed by atoms with Gasteiger partial charge in [0.25, 0.3) is 0 Å². The molecular weight excluding hydrogens is 396 g/mol. The summed E-state index contributed by atoms with van der Waals surface area (Å²) in [5.41, 5.74) is 0. The maximum Gasteiger partial charge on any atom is 0.332 e. The third-order valence-corrected chi connectivity index (χ3v) is 4.25. The van der Waals surface area contributed by atoms with Crippen molar-refractivity contribution >= 4 is 37.8 Å². The fourth-order valence-electron chi connectivity index (χ4n) is 1.97. The third kappa shape index (κ3) is 3.65. The molecule has 110 valence electrons. The first-order valence-corrected chi connectivity index (χ1v) is 7.64. The molecule has 0 spiro atoms. The summed E-state index contributed by atoms with van der Waals surface area (Å²) in [6, 6.07) is 3.60. The van der Waals surface area contributed by atoms with E-state index in [1.807, 2.05) is 0 Å². The number of hydrogen-bond acceptors (Lipinski definition) is 4. The van der Waals surface area contributed by atoms with Gasteiger partial charge in [0.1, 0.15) is 18.1 Å². The highest BCUT2D eigenvalue weighted by Crippen LogP contribution is 2.36. The minimum absolute atomic E-state index is 0.191. The molecule has 0 amide bonds. The first-order valence-electron chi connectivity index (χ1n) is 6.05. The smallest absolute Gasteiger partial charge is 0.332 e. The van der Waals surface area contributed by atoms with Crippen LogP contribution in [0.2, 0.25) is 0 Å². The van der Waals surface area contributed by atoms with Crippen LogP contribution >= 0.6 is 31.9 Å². The topological polar surface area (TPSA) is 65.0 Å². The Bertz CT molecular complexity index is 506. The van der Waals surface area contributed by atoms with Gasteiger partial charge in [-0.15, -0.1) is 0 Å². The highest BCUT2D eigenvalue weighted by molar-refractivity contribution is 9.11. The molecule has 1 aliphatic heterocycles. The molecule has 1 aliphatic rings. The number of carbonyl (C=O) groups is 1. The molecule has 1 heterocycles. The van der Waals surface area contributed by atoms with Crippen molar-refractivity contribution in [1.82, 2.24) is 0 Å². The molecule has 0 bridgehead atoms. The van der Waals surface area contributed by atoms with Crippen LogP contribution in [0.4, 0.5) is 0 Å². The van der Waals surface area contributed by atoms with Crippen molar-refractivity contribution in [3.05, 3.63) is 21.1 Å². The molecule has 1 saturated heterocycles. The van der Waals surface area contributed by atoms with Gasteiger partial charge in [0.15, 0.2) is 6.10 Å². The van der Waals surface area contributed by atoms with Gasteiger partial charge in [0.2, 0.25) is 0 Å². The average molecular weight is 410 g/mol. The molecule has 1 aromatic carbocycles. The second-order valence-electron chi connectivity index (χ2n) is 4.39. The Morgan fingerprint density at radius 2 is 2.00 bits per heavy atom. The van der Waals surface area contributed by atoms with Gasteiger partial charge in [-0.25, -0.2) is 4.79 Å². The number of rotatable bonds is 5. The SMILES string of the molecule is COc1cc(Br)c(OCC2CCC(C(=O)O)O2)cc1Br. The van der Waals surface area contributed by atoms with Gasteiger partial charge >= 0.3 is 5.97 Å². The highest BCUT2D eigenvalue weighted by atomic mass is 79.9. The number of carboxylic acids is 1. The van der Waals surface area contributed by atoms with E-state index in [-0.39, 0.29) is 6.10 Å². The minimum atomic E-state index is -0.916. The van der Waals surface area contributed by atoms with Gasteiger partial charge in [-0.05, 0) is 56.8 Å². The molecule has 0 saturated carbocycles. The van der Waals surface area contributed by atoms with Gasteiger partial charge in [-0.1, -0.05) is 0 Å². The van der Waals surface area contributed by atoms with E-state index in [9.17, 15) is 4.79 Å². The zero-order valence-corrected chi connectivity index (χ0v) is 13.9. The lowest BCUT2D eigenvalue weighted by atomic mass is 10.2. The quantitative estimate of drug-likeness (QED) is 0.808. The molecule has 1 fully saturated rings. The summed E-state index contributed by atoms with van der Waals surface area (Å²) in [6.45, 7) is 0.321. The number of carboxylic acid groups (broad SMARTS) is 1. The second kappa shape index (κ2) is 6.78. The molecule has 5 nitrogen and oxygen atoms in total. The zero-order valence-electron chi connectivity index (χ0n) is 10.8. The maximum absolute atomic E-state index is 10.8. The first-order chi connectivity index (χ1) is 9.51. The molecule has 1 aromatic rings. The molecule has 2 unspecified atom stereocenters. The van der Waals surface area contributed by atoms with Crippen LogP contribution in [0.15, 0.2) is 21.1 Å². The van der Waals surface area contributed by atoms with Crippen molar-refractivity contribution < 1.29 is 24.1 Å². The van der Waals surface area contributed by atoms with Crippen molar-refractivity contribution in [2.45, 2.75) is 25.0 Å². The summed E-state index contributed by atoms with van der Waals surface area (Å²) < 4.78 is 17.8. The fourth-order valence-corrected chi connectivity index (χ4v) is 2.89. The molecular formula is C13H14Br2O5. The van der Waals surface area contributed by atoms with Gasteiger partial charge in [0, 0.05) is 0 Å². The van der Waals surface area contributed by atoms with Gasteiger partial charge in [-0.2, -0.15) is 0 Å². The summed E-state index contributed by atoms with van der Waals surface area (Å²) in [5, 5.41) is 8.86. The monoisotopic (exact) mass is 408 g/mol. The maximum atomic E-state index is 10.8. The van der Waals surface area contributed by atoms with Crippen molar-refractivity contribution in [3.8, 4) is 11.5 Å². The molecule has 2 atom stereocenters. The largest absolute Gasteiger partial charge is 0.496 e. The third-order valence-electron chi connectivity index (χ3n) is 3.01. The van der Waals surface area contributed by atoms with Crippen molar-refractivity contribution in [3.63, 3.8) is 0 Å². The van der Waals surface area contributed by atoms with Crippen LogP contribution in [-0.4, -0.2) is 37.0 Å². The van der Waals surface area contributed by atoms with E-state index in [0.717, 1.165) is 8.95 Å². The predicted molar refractivity (Wildman–Crippen MR) is 79.4 cm³/mol. The van der Waals surface area contributed by atoms with Crippen molar-refractivity contribution in [1.29, 1.82) is 0 Å². The zero-order chi connectivity index (χ0) is 14.7. The second-order valence-corrected chi connectivity index (χ2v) is 6.10. The summed E-state index contributed by atoms with van der Waals surface area (Å²) >= 11 is 6.79. The first kappa shape index (κ1) is 15.6. The highest BCUT2D eigenvalue weighted by Gasteiger charge is 2.30. The van der Waals surface area contributed by atoms with E-state index in [0.29, 0.717) is 30.9 Å². The summed E-state index contributed by atoms with van der Waals surface area (Å²) in [5.74, 6) is 0.438. The van der Waals surface area contributed by atoms with Crippen LogP contribution < -0.4 is 9.47 Å². The van der Waals surface area contributed by atoms with E-state index in [1.54, 1.807) is 19.2 Å². The van der Waals surface area contributed by atoms with Crippen LogP contribution in [0.1, 0.15) is 12.8 Å². The fraction of sp³-hybridized carbons (Fsp3) is 0.462. The Balaban J connectivity index is 1.95. The van der Waals surface area contributed by atoms with Gasteiger partial charge in [-0.3, -0.25) is 0 Å². The Kier molecular flexibility index (Phi) is 5.29. The van der Waals surface area contributed by atoms with Crippen LogP contribution in [0.3, 0.4) is 0 Å². The van der Waals surface area contributed by atoms with Crippen LogP contribution in [0.5, 0.6) is 11.5 Å². The Hall–Kier alpha value is -0.790. The van der Waals surface area contributed by atoms with Crippen LogP contribution in [0.25, 0.3) is 0 Å². The lowest BCUT2D eigenvalue weighted by molar-refractivity contribution is -0.149.